The molecule has 0 bridgehead atoms. The Kier molecular flexibility index (Phi) is 5.86. The molecule has 4 atom stereocenters. The number of hydrogen-bond acceptors (Lipinski definition) is 10. The highest BCUT2D eigenvalue weighted by atomic mass is 32.1. The third kappa shape index (κ3) is 3.25. The number of aliphatic hydroxyl groups is 2. The zero-order valence-electron chi connectivity index (χ0n) is 20.1. The van der Waals surface area contributed by atoms with Gasteiger partial charge in [-0.1, -0.05) is 0 Å². The normalized spacial score (nSPS) is 28.0. The smallest absolute Gasteiger partial charge is 0.252 e. The minimum absolute atomic E-state index is 0.0257. The van der Waals surface area contributed by atoms with Crippen molar-refractivity contribution in [3.63, 3.8) is 0 Å². The van der Waals surface area contributed by atoms with Gasteiger partial charge in [0.25, 0.3) is 5.91 Å². The van der Waals surface area contributed by atoms with Crippen molar-refractivity contribution in [3.8, 4) is 5.75 Å². The number of likely N-dealkylation sites (N-methyl/N-ethyl adjacent to an activating group) is 1. The fraction of sp³-hybridized carbons (Fsp3) is 0.458. The van der Waals surface area contributed by atoms with E-state index in [9.17, 15) is 29.7 Å². The van der Waals surface area contributed by atoms with Crippen LogP contribution in [0.4, 0.5) is 11.4 Å². The Morgan fingerprint density at radius 3 is 2.37 bits per heavy atom. The van der Waals surface area contributed by atoms with Crippen molar-refractivity contribution in [3.05, 3.63) is 39.7 Å². The first-order valence-corrected chi connectivity index (χ1v) is 11.5. The topological polar surface area (TPSA) is 157 Å². The molecular weight excluding hydrogens is 472 g/mol. The SMILES string of the molecule is CC1=C(C(N)=O)C(=O)[C@@]2(O)C(O)=C3C(=O)c4c(O)c(N=S)cc(N(C)C)c4C[C@H]3C[C@H]2[C@@H]1N(C)C. The van der Waals surface area contributed by atoms with Crippen LogP contribution in [0.15, 0.2) is 32.9 Å². The number of ketones is 2. The lowest BCUT2D eigenvalue weighted by Gasteiger charge is -2.51. The number of carbonyl (C=O) groups is 3. The highest BCUT2D eigenvalue weighted by Crippen LogP contribution is 2.54. The number of aromatic hydroxyl groups is 1. The Morgan fingerprint density at radius 2 is 1.86 bits per heavy atom. The Balaban J connectivity index is 2.01. The number of aliphatic hydroxyl groups excluding tert-OH is 1. The predicted molar refractivity (Wildman–Crippen MR) is 130 cm³/mol. The number of anilines is 1. The second kappa shape index (κ2) is 8.21. The summed E-state index contributed by atoms with van der Waals surface area (Å²) in [6.07, 6.45) is 0.450. The van der Waals surface area contributed by atoms with E-state index in [4.69, 9.17) is 18.2 Å². The summed E-state index contributed by atoms with van der Waals surface area (Å²) in [6.45, 7) is 1.61. The molecule has 186 valence electrons. The van der Waals surface area contributed by atoms with Gasteiger partial charge in [0.1, 0.15) is 11.4 Å². The summed E-state index contributed by atoms with van der Waals surface area (Å²) in [4.78, 5) is 42.9. The van der Waals surface area contributed by atoms with Gasteiger partial charge in [-0.25, -0.2) is 0 Å². The first-order valence-electron chi connectivity index (χ1n) is 11.1. The summed E-state index contributed by atoms with van der Waals surface area (Å²) >= 11 is 4.76. The Bertz CT molecular complexity index is 1270. The van der Waals surface area contributed by atoms with Gasteiger partial charge in [-0.05, 0) is 57.0 Å². The second-order valence-electron chi connectivity index (χ2n) is 9.86. The minimum Gasteiger partial charge on any atom is -0.508 e. The molecule has 0 unspecified atom stereocenters. The third-order valence-electron chi connectivity index (χ3n) is 7.56. The van der Waals surface area contributed by atoms with E-state index in [1.54, 1.807) is 51.0 Å². The maximum Gasteiger partial charge on any atom is 0.252 e. The summed E-state index contributed by atoms with van der Waals surface area (Å²) < 4.78 is 3.65. The van der Waals surface area contributed by atoms with Crippen molar-refractivity contribution in [1.82, 2.24) is 4.90 Å². The number of benzene rings is 1. The van der Waals surface area contributed by atoms with E-state index >= 15 is 0 Å². The molecule has 3 aliphatic carbocycles. The number of rotatable bonds is 4. The van der Waals surface area contributed by atoms with Gasteiger partial charge in [-0.2, -0.15) is 4.36 Å². The number of carbonyl (C=O) groups excluding carboxylic acids is 3. The number of allylic oxidation sites excluding steroid dienone is 1. The summed E-state index contributed by atoms with van der Waals surface area (Å²) in [5, 5.41) is 33.9. The number of fused-ring (bicyclic) bond motifs is 3. The number of primary amides is 1. The summed E-state index contributed by atoms with van der Waals surface area (Å²) in [5.41, 5.74) is 3.99. The number of Topliss-reactive ketones (excluding diaryl/α,β-unsaturated/α-hetero) is 2. The zero-order chi connectivity index (χ0) is 26.1. The number of nitrogens with two attached hydrogens (primary N) is 1. The van der Waals surface area contributed by atoms with Crippen LogP contribution in [0.2, 0.25) is 0 Å². The lowest BCUT2D eigenvalue weighted by Crippen LogP contribution is -2.63. The monoisotopic (exact) mass is 500 g/mol. The molecule has 3 aliphatic rings. The van der Waals surface area contributed by atoms with Crippen molar-refractivity contribution in [2.24, 2.45) is 21.9 Å². The molecular formula is C24H28N4O6S. The first-order chi connectivity index (χ1) is 16.3. The maximum absolute atomic E-state index is 13.7. The molecule has 0 fully saturated rings. The van der Waals surface area contributed by atoms with Crippen LogP contribution in [0.3, 0.4) is 0 Å². The Labute approximate surface area is 207 Å². The van der Waals surface area contributed by atoms with Gasteiger partial charge in [0.05, 0.1) is 11.1 Å². The summed E-state index contributed by atoms with van der Waals surface area (Å²) in [5.74, 6) is -5.37. The number of amides is 1. The van der Waals surface area contributed by atoms with Crippen molar-refractivity contribution >= 4 is 41.3 Å². The van der Waals surface area contributed by atoms with Crippen LogP contribution in [0.1, 0.15) is 29.3 Å². The number of hydrogen-bond donors (Lipinski definition) is 4. The van der Waals surface area contributed by atoms with Gasteiger partial charge in [-0.15, -0.1) is 0 Å². The Morgan fingerprint density at radius 1 is 1.23 bits per heavy atom. The first kappa shape index (κ1) is 25.0. The number of phenols is 1. The molecule has 1 aromatic rings. The lowest BCUT2D eigenvalue weighted by atomic mass is 9.57. The molecule has 0 radical (unpaired) electrons. The molecule has 35 heavy (non-hydrogen) atoms. The highest BCUT2D eigenvalue weighted by Gasteiger charge is 2.62. The fourth-order valence-electron chi connectivity index (χ4n) is 6.14. The average molecular weight is 501 g/mol. The van der Waals surface area contributed by atoms with Crippen LogP contribution in [-0.4, -0.2) is 77.5 Å². The van der Waals surface area contributed by atoms with Gasteiger partial charge >= 0.3 is 0 Å². The molecule has 0 aliphatic heterocycles. The molecule has 1 aromatic carbocycles. The quantitative estimate of drug-likeness (QED) is 0.444. The van der Waals surface area contributed by atoms with E-state index in [-0.39, 0.29) is 35.2 Å². The third-order valence-corrected chi connectivity index (χ3v) is 7.76. The molecule has 0 spiro atoms. The van der Waals surface area contributed by atoms with Crippen LogP contribution < -0.4 is 10.6 Å². The van der Waals surface area contributed by atoms with Crippen LogP contribution in [-0.2, 0) is 28.4 Å². The van der Waals surface area contributed by atoms with Gasteiger partial charge < -0.3 is 30.9 Å². The van der Waals surface area contributed by atoms with E-state index in [0.29, 0.717) is 16.8 Å². The van der Waals surface area contributed by atoms with E-state index in [0.717, 1.165) is 0 Å². The predicted octanol–water partition coefficient (Wildman–Crippen LogP) is 1.05. The van der Waals surface area contributed by atoms with E-state index < -0.39 is 52.5 Å². The standard InChI is InChI=1S/C24H28N4O6S/c1-9-15(23(25)33)21(31)24(34)12(18(9)28(4)5)7-10-6-11-14(27(2)3)8-13(26-35)19(29)17(11)20(30)16(10)22(24)32/h8,10,12,18,29,32,34H,6-7H2,1-5H3,(H2,25,33)/t10-,12-,18+,24+/m0/s1. The van der Waals surface area contributed by atoms with E-state index in [1.807, 2.05) is 0 Å². The van der Waals surface area contributed by atoms with E-state index in [1.165, 1.54) is 0 Å². The van der Waals surface area contributed by atoms with Crippen molar-refractivity contribution < 1.29 is 29.7 Å². The fourth-order valence-corrected chi connectivity index (χ4v) is 6.28. The van der Waals surface area contributed by atoms with Gasteiger partial charge in [-0.3, -0.25) is 14.4 Å². The number of phenolic OH excluding ortho intramolecular Hbond substituents is 1. The molecule has 11 heteroatoms. The summed E-state index contributed by atoms with van der Waals surface area (Å²) in [7, 11) is 7.05. The number of nitrogens with zero attached hydrogens (tertiary/aromatic N) is 3. The molecule has 0 saturated carbocycles. The molecule has 4 rings (SSSR count). The van der Waals surface area contributed by atoms with Gasteiger partial charge in [0.2, 0.25) is 5.78 Å². The van der Waals surface area contributed by atoms with Crippen LogP contribution >= 0.6 is 0 Å². The molecule has 0 saturated heterocycles. The summed E-state index contributed by atoms with van der Waals surface area (Å²) in [6, 6.07) is 1.00. The van der Waals surface area contributed by atoms with Crippen molar-refractivity contribution in [1.29, 1.82) is 0 Å². The molecule has 5 N–H and O–H groups in total. The molecule has 1 amide bonds. The van der Waals surface area contributed by atoms with Gasteiger partial charge in [0, 0.05) is 49.7 Å². The lowest BCUT2D eigenvalue weighted by molar-refractivity contribution is -0.146. The highest BCUT2D eigenvalue weighted by molar-refractivity contribution is 7.47. The van der Waals surface area contributed by atoms with Crippen LogP contribution in [0, 0.1) is 11.8 Å². The largest absolute Gasteiger partial charge is 0.508 e. The second-order valence-corrected chi connectivity index (χ2v) is 10.0. The Hall–Kier alpha value is -3.15. The molecule has 0 aromatic heterocycles. The zero-order valence-corrected chi connectivity index (χ0v) is 20.9. The molecule has 10 nitrogen and oxygen atoms in total. The van der Waals surface area contributed by atoms with Crippen molar-refractivity contribution in [2.45, 2.75) is 31.4 Å². The van der Waals surface area contributed by atoms with Gasteiger partial charge in [0.15, 0.2) is 17.1 Å². The minimum atomic E-state index is -2.52. The van der Waals surface area contributed by atoms with E-state index in [2.05, 4.69) is 4.36 Å². The van der Waals surface area contributed by atoms with Crippen molar-refractivity contribution in [2.75, 3.05) is 33.1 Å². The van der Waals surface area contributed by atoms with Crippen LogP contribution in [0.25, 0.3) is 0 Å². The van der Waals surface area contributed by atoms with Crippen LogP contribution in [0.5, 0.6) is 5.75 Å². The molecule has 0 heterocycles. The average Bonchev–Trinajstić information content (AvgIpc) is 2.75. The maximum atomic E-state index is 13.7.